The maximum Gasteiger partial charge on any atom is 0.214 e. The standard InChI is InChI=1S/C13H18N4S/c1-3-12-15-16-13(18)17(12)14-9-10(2)11-7-5-4-6-8-11/h4-8,10,14H,3,9H2,1-2H3,(H,16,18). The molecule has 0 fully saturated rings. The van der Waals surface area contributed by atoms with Crippen molar-refractivity contribution in [1.29, 1.82) is 0 Å². The van der Waals surface area contributed by atoms with Crippen molar-refractivity contribution in [1.82, 2.24) is 14.9 Å². The van der Waals surface area contributed by atoms with Crippen molar-refractivity contribution in [2.24, 2.45) is 0 Å². The third-order valence-electron chi connectivity index (χ3n) is 2.98. The summed E-state index contributed by atoms with van der Waals surface area (Å²) in [6.07, 6.45) is 0.847. The van der Waals surface area contributed by atoms with Gasteiger partial charge in [0.25, 0.3) is 0 Å². The Labute approximate surface area is 112 Å². The summed E-state index contributed by atoms with van der Waals surface area (Å²) in [5.41, 5.74) is 4.65. The van der Waals surface area contributed by atoms with Crippen molar-refractivity contribution in [2.75, 3.05) is 12.0 Å². The molecule has 1 aromatic carbocycles. The third-order valence-corrected chi connectivity index (χ3v) is 3.26. The first-order valence-corrected chi connectivity index (χ1v) is 6.58. The van der Waals surface area contributed by atoms with E-state index in [1.807, 2.05) is 10.7 Å². The lowest BCUT2D eigenvalue weighted by Crippen LogP contribution is -2.22. The molecular weight excluding hydrogens is 244 g/mol. The predicted molar refractivity (Wildman–Crippen MR) is 75.9 cm³/mol. The van der Waals surface area contributed by atoms with E-state index in [4.69, 9.17) is 12.2 Å². The average Bonchev–Trinajstić information content (AvgIpc) is 2.77. The van der Waals surface area contributed by atoms with E-state index in [1.165, 1.54) is 5.56 Å². The Bertz CT molecular complexity index is 544. The average molecular weight is 262 g/mol. The van der Waals surface area contributed by atoms with E-state index in [0.717, 1.165) is 18.8 Å². The molecule has 1 atom stereocenters. The van der Waals surface area contributed by atoms with Crippen LogP contribution in [0.15, 0.2) is 30.3 Å². The number of H-pyrrole nitrogens is 1. The molecule has 0 aliphatic rings. The molecule has 18 heavy (non-hydrogen) atoms. The first-order valence-electron chi connectivity index (χ1n) is 6.17. The van der Waals surface area contributed by atoms with Gasteiger partial charge in [-0.15, -0.1) is 0 Å². The highest BCUT2D eigenvalue weighted by Gasteiger charge is 2.07. The van der Waals surface area contributed by atoms with Crippen molar-refractivity contribution in [3.05, 3.63) is 46.5 Å². The molecule has 2 rings (SSSR count). The Hall–Kier alpha value is -1.62. The van der Waals surface area contributed by atoms with E-state index in [9.17, 15) is 0 Å². The highest BCUT2D eigenvalue weighted by Crippen LogP contribution is 2.13. The Morgan fingerprint density at radius 1 is 1.39 bits per heavy atom. The molecule has 0 bridgehead atoms. The second-order valence-electron chi connectivity index (χ2n) is 4.31. The lowest BCUT2D eigenvalue weighted by atomic mass is 10.0. The minimum Gasteiger partial charge on any atom is -0.321 e. The van der Waals surface area contributed by atoms with Crippen molar-refractivity contribution < 1.29 is 0 Å². The second kappa shape index (κ2) is 5.82. The van der Waals surface area contributed by atoms with Gasteiger partial charge in [0.05, 0.1) is 0 Å². The van der Waals surface area contributed by atoms with Gasteiger partial charge < -0.3 is 5.43 Å². The van der Waals surface area contributed by atoms with Crippen LogP contribution in [0, 0.1) is 4.77 Å². The van der Waals surface area contributed by atoms with Gasteiger partial charge in [0.1, 0.15) is 0 Å². The SMILES string of the molecule is CCc1n[nH]c(=S)n1NCC(C)c1ccccc1. The van der Waals surface area contributed by atoms with Gasteiger partial charge in [0, 0.05) is 13.0 Å². The van der Waals surface area contributed by atoms with E-state index < -0.39 is 0 Å². The Morgan fingerprint density at radius 2 is 2.11 bits per heavy atom. The van der Waals surface area contributed by atoms with Crippen LogP contribution in [0.5, 0.6) is 0 Å². The van der Waals surface area contributed by atoms with E-state index in [-0.39, 0.29) is 0 Å². The van der Waals surface area contributed by atoms with Gasteiger partial charge >= 0.3 is 0 Å². The maximum absolute atomic E-state index is 5.19. The minimum atomic E-state index is 0.424. The zero-order valence-corrected chi connectivity index (χ0v) is 11.5. The third kappa shape index (κ3) is 2.79. The van der Waals surface area contributed by atoms with Crippen LogP contribution in [0.1, 0.15) is 31.2 Å². The summed E-state index contributed by atoms with van der Waals surface area (Å²) in [6.45, 7) is 5.08. The fraction of sp³-hybridized carbons (Fsp3) is 0.385. The molecule has 0 aliphatic carbocycles. The topological polar surface area (TPSA) is 45.6 Å². The molecular formula is C13H18N4S. The number of aryl methyl sites for hydroxylation is 1. The number of nitrogens with zero attached hydrogens (tertiary/aromatic N) is 2. The summed E-state index contributed by atoms with van der Waals surface area (Å²) in [4.78, 5) is 0. The minimum absolute atomic E-state index is 0.424. The van der Waals surface area contributed by atoms with E-state index >= 15 is 0 Å². The van der Waals surface area contributed by atoms with Crippen LogP contribution in [0.3, 0.4) is 0 Å². The highest BCUT2D eigenvalue weighted by atomic mass is 32.1. The van der Waals surface area contributed by atoms with Crippen LogP contribution in [0.4, 0.5) is 0 Å². The molecule has 0 saturated heterocycles. The van der Waals surface area contributed by atoms with E-state index in [1.54, 1.807) is 0 Å². The van der Waals surface area contributed by atoms with Crippen LogP contribution in [0.25, 0.3) is 0 Å². The second-order valence-corrected chi connectivity index (χ2v) is 4.69. The fourth-order valence-electron chi connectivity index (χ4n) is 1.86. The summed E-state index contributed by atoms with van der Waals surface area (Å²) in [7, 11) is 0. The molecule has 2 aromatic rings. The zero-order valence-electron chi connectivity index (χ0n) is 10.7. The predicted octanol–water partition coefficient (Wildman–Crippen LogP) is 2.85. The summed E-state index contributed by atoms with van der Waals surface area (Å²) in [5, 5.41) is 6.97. The molecule has 96 valence electrons. The van der Waals surface area contributed by atoms with Gasteiger partial charge in [-0.2, -0.15) is 5.10 Å². The fourth-order valence-corrected chi connectivity index (χ4v) is 2.07. The molecule has 4 nitrogen and oxygen atoms in total. The number of hydrogen-bond acceptors (Lipinski definition) is 3. The maximum atomic E-state index is 5.19. The van der Waals surface area contributed by atoms with Gasteiger partial charge in [0.2, 0.25) is 4.77 Å². The molecule has 0 amide bonds. The first kappa shape index (κ1) is 12.8. The van der Waals surface area contributed by atoms with Crippen molar-refractivity contribution in [3.8, 4) is 0 Å². The number of benzene rings is 1. The lowest BCUT2D eigenvalue weighted by molar-refractivity contribution is 0.696. The number of nitrogens with one attached hydrogen (secondary N) is 2. The Kier molecular flexibility index (Phi) is 4.15. The van der Waals surface area contributed by atoms with Gasteiger partial charge in [0.15, 0.2) is 5.82 Å². The van der Waals surface area contributed by atoms with Crippen LogP contribution in [-0.2, 0) is 6.42 Å². The van der Waals surface area contributed by atoms with Gasteiger partial charge in [-0.05, 0) is 23.7 Å². The van der Waals surface area contributed by atoms with Crippen LogP contribution in [-0.4, -0.2) is 21.4 Å². The van der Waals surface area contributed by atoms with Gasteiger partial charge in [-0.25, -0.2) is 4.68 Å². The largest absolute Gasteiger partial charge is 0.321 e. The number of aromatic nitrogens is 3. The molecule has 1 unspecified atom stereocenters. The van der Waals surface area contributed by atoms with Gasteiger partial charge in [-0.1, -0.05) is 44.2 Å². The van der Waals surface area contributed by atoms with Crippen molar-refractivity contribution >= 4 is 12.2 Å². The van der Waals surface area contributed by atoms with Crippen LogP contribution < -0.4 is 5.43 Å². The molecule has 5 heteroatoms. The number of hydrogen-bond donors (Lipinski definition) is 2. The summed E-state index contributed by atoms with van der Waals surface area (Å²) in [6, 6.07) is 10.4. The molecule has 0 saturated carbocycles. The summed E-state index contributed by atoms with van der Waals surface area (Å²) < 4.78 is 2.47. The van der Waals surface area contributed by atoms with Crippen LogP contribution in [0.2, 0.25) is 0 Å². The number of rotatable bonds is 5. The molecule has 1 aromatic heterocycles. The highest BCUT2D eigenvalue weighted by molar-refractivity contribution is 7.71. The zero-order chi connectivity index (χ0) is 13.0. The van der Waals surface area contributed by atoms with Gasteiger partial charge in [-0.3, -0.25) is 5.10 Å². The van der Waals surface area contributed by atoms with Crippen molar-refractivity contribution in [3.63, 3.8) is 0 Å². The van der Waals surface area contributed by atoms with E-state index in [0.29, 0.717) is 10.7 Å². The summed E-state index contributed by atoms with van der Waals surface area (Å²) >= 11 is 5.19. The summed E-state index contributed by atoms with van der Waals surface area (Å²) in [5.74, 6) is 1.35. The number of aromatic amines is 1. The molecule has 1 heterocycles. The normalized spacial score (nSPS) is 12.3. The molecule has 0 aliphatic heterocycles. The Morgan fingerprint density at radius 3 is 2.78 bits per heavy atom. The molecule has 0 spiro atoms. The van der Waals surface area contributed by atoms with E-state index in [2.05, 4.69) is 53.7 Å². The van der Waals surface area contributed by atoms with Crippen molar-refractivity contribution in [2.45, 2.75) is 26.2 Å². The first-order chi connectivity index (χ1) is 8.72. The quantitative estimate of drug-likeness (QED) is 0.814. The monoisotopic (exact) mass is 262 g/mol. The molecule has 0 radical (unpaired) electrons. The molecule has 2 N–H and O–H groups in total. The van der Waals surface area contributed by atoms with Crippen LogP contribution >= 0.6 is 12.2 Å². The Balaban J connectivity index is 2.04. The smallest absolute Gasteiger partial charge is 0.214 e. The lowest BCUT2D eigenvalue weighted by Gasteiger charge is -2.15.